The van der Waals surface area contributed by atoms with Gasteiger partial charge in [0.25, 0.3) is 0 Å². The first-order valence-corrected chi connectivity index (χ1v) is 4.65. The number of methoxy groups -OCH3 is 1. The Bertz CT molecular complexity index is 418. The predicted molar refractivity (Wildman–Crippen MR) is 58.8 cm³/mol. The first-order valence-electron chi connectivity index (χ1n) is 3.89. The van der Waals surface area contributed by atoms with Crippen LogP contribution >= 0.6 is 23.2 Å². The summed E-state index contributed by atoms with van der Waals surface area (Å²) in [5.41, 5.74) is 0.465. The summed E-state index contributed by atoms with van der Waals surface area (Å²) in [5, 5.41) is 10.3. The molecule has 15 heavy (non-hydrogen) atoms. The van der Waals surface area contributed by atoms with E-state index in [1.807, 2.05) is 0 Å². The molecule has 0 heterocycles. The van der Waals surface area contributed by atoms with E-state index in [4.69, 9.17) is 27.9 Å². The number of hydrogen-bond acceptors (Lipinski definition) is 3. The summed E-state index contributed by atoms with van der Waals surface area (Å²) < 4.78 is 5.00. The highest BCUT2D eigenvalue weighted by molar-refractivity contribution is 6.31. The first-order chi connectivity index (χ1) is 7.04. The summed E-state index contributed by atoms with van der Waals surface area (Å²) in [6.45, 7) is 0. The minimum absolute atomic E-state index is 0.454. The molecular formula is C9H7Cl2NO3. The summed E-state index contributed by atoms with van der Waals surface area (Å²) in [6, 6.07) is 4.77. The van der Waals surface area contributed by atoms with Crippen LogP contribution in [0.2, 0.25) is 5.02 Å². The molecule has 0 aromatic heterocycles. The van der Waals surface area contributed by atoms with E-state index in [1.165, 1.54) is 19.3 Å². The monoisotopic (exact) mass is 247 g/mol. The van der Waals surface area contributed by atoms with Crippen LogP contribution in [-0.2, 0) is 0 Å². The fourth-order valence-electron chi connectivity index (χ4n) is 0.999. The van der Waals surface area contributed by atoms with E-state index in [1.54, 1.807) is 12.1 Å². The number of rotatable bonds is 3. The lowest BCUT2D eigenvalue weighted by Crippen LogP contribution is -1.92. The predicted octanol–water partition coefficient (Wildman–Crippen LogP) is 3.16. The maximum Gasteiger partial charge on any atom is 0.337 e. The van der Waals surface area contributed by atoms with Gasteiger partial charge in [0.1, 0.15) is 5.75 Å². The van der Waals surface area contributed by atoms with Gasteiger partial charge in [0, 0.05) is 16.7 Å². The van der Waals surface area contributed by atoms with Crippen LogP contribution in [-0.4, -0.2) is 12.0 Å². The Balaban J connectivity index is 3.18. The van der Waals surface area contributed by atoms with Crippen molar-refractivity contribution in [2.45, 2.75) is 0 Å². The van der Waals surface area contributed by atoms with Gasteiger partial charge in [0.15, 0.2) is 0 Å². The zero-order valence-corrected chi connectivity index (χ0v) is 9.25. The average Bonchev–Trinajstić information content (AvgIpc) is 2.18. The van der Waals surface area contributed by atoms with Crippen LogP contribution < -0.4 is 4.74 Å². The molecule has 0 saturated carbocycles. The molecule has 0 unspecified atom stereocenters. The average molecular weight is 248 g/mol. The third kappa shape index (κ3) is 3.11. The van der Waals surface area contributed by atoms with Crippen LogP contribution in [0.1, 0.15) is 5.56 Å². The minimum Gasteiger partial charge on any atom is -0.496 e. The molecule has 0 radical (unpaired) electrons. The van der Waals surface area contributed by atoms with Crippen LogP contribution in [0.3, 0.4) is 0 Å². The molecule has 0 aliphatic carbocycles. The molecule has 0 amide bonds. The van der Waals surface area contributed by atoms with E-state index in [-0.39, 0.29) is 0 Å². The highest BCUT2D eigenvalue weighted by Gasteiger charge is 2.09. The summed E-state index contributed by atoms with van der Waals surface area (Å²) >= 11 is 11.1. The zero-order valence-electron chi connectivity index (χ0n) is 7.74. The van der Waals surface area contributed by atoms with Gasteiger partial charge in [0.2, 0.25) is 0 Å². The van der Waals surface area contributed by atoms with Crippen molar-refractivity contribution < 1.29 is 9.66 Å². The number of benzene rings is 1. The highest BCUT2D eigenvalue weighted by atomic mass is 35.5. The van der Waals surface area contributed by atoms with Gasteiger partial charge in [-0.15, -0.1) is 0 Å². The van der Waals surface area contributed by atoms with Gasteiger partial charge in [-0.2, -0.15) is 0 Å². The van der Waals surface area contributed by atoms with Crippen LogP contribution in [0, 0.1) is 10.1 Å². The van der Waals surface area contributed by atoms with Crippen molar-refractivity contribution in [2.24, 2.45) is 0 Å². The Morgan fingerprint density at radius 1 is 1.60 bits per heavy atom. The van der Waals surface area contributed by atoms with Crippen molar-refractivity contribution in [3.05, 3.63) is 44.1 Å². The van der Waals surface area contributed by atoms with Gasteiger partial charge < -0.3 is 4.74 Å². The van der Waals surface area contributed by atoms with E-state index in [2.05, 4.69) is 0 Å². The van der Waals surface area contributed by atoms with Gasteiger partial charge in [-0.1, -0.05) is 11.6 Å². The molecule has 0 aliphatic heterocycles. The molecule has 0 spiro atoms. The Kier molecular flexibility index (Phi) is 3.94. The molecule has 0 aliphatic rings. The lowest BCUT2D eigenvalue weighted by Gasteiger charge is -2.03. The molecule has 1 aromatic rings. The van der Waals surface area contributed by atoms with Crippen LogP contribution in [0.15, 0.2) is 23.4 Å². The highest BCUT2D eigenvalue weighted by Crippen LogP contribution is 2.25. The molecule has 0 saturated heterocycles. The molecule has 0 N–H and O–H groups in total. The molecule has 0 bridgehead atoms. The van der Waals surface area contributed by atoms with Gasteiger partial charge >= 0.3 is 5.16 Å². The van der Waals surface area contributed by atoms with E-state index in [0.717, 1.165) is 0 Å². The standard InChI is InChI=1S/C9H7Cl2NO3/c1-15-8-3-2-7(10)4-6(8)5-9(11)12(13)14/h2-5H,1H3/b9-5+. The molecule has 1 aromatic carbocycles. The quantitative estimate of drug-likeness (QED) is 0.469. The fourth-order valence-corrected chi connectivity index (χ4v) is 1.30. The van der Waals surface area contributed by atoms with Crippen molar-refractivity contribution in [3.8, 4) is 5.75 Å². The van der Waals surface area contributed by atoms with Gasteiger partial charge in [0.05, 0.1) is 12.0 Å². The second-order valence-electron chi connectivity index (χ2n) is 2.61. The number of halogens is 2. The molecule has 80 valence electrons. The number of ether oxygens (including phenoxy) is 1. The van der Waals surface area contributed by atoms with E-state index in [9.17, 15) is 10.1 Å². The van der Waals surface area contributed by atoms with Gasteiger partial charge in [-0.05, 0) is 29.8 Å². The molecule has 6 heteroatoms. The second-order valence-corrected chi connectivity index (χ2v) is 3.43. The molecular weight excluding hydrogens is 241 g/mol. The molecule has 0 atom stereocenters. The van der Waals surface area contributed by atoms with Gasteiger partial charge in [-0.3, -0.25) is 10.1 Å². The molecule has 4 nitrogen and oxygen atoms in total. The maximum atomic E-state index is 10.3. The lowest BCUT2D eigenvalue weighted by molar-refractivity contribution is -0.410. The summed E-state index contributed by atoms with van der Waals surface area (Å²) in [5.74, 6) is 0.472. The maximum absolute atomic E-state index is 10.3. The van der Waals surface area contributed by atoms with E-state index < -0.39 is 10.1 Å². The van der Waals surface area contributed by atoms with Crippen LogP contribution in [0.4, 0.5) is 0 Å². The SMILES string of the molecule is COc1ccc(Cl)cc1/C=C(\Cl)[N+](=O)[O-]. The van der Waals surface area contributed by atoms with Crippen molar-refractivity contribution in [3.63, 3.8) is 0 Å². The normalized spacial score (nSPS) is 11.3. The Morgan fingerprint density at radius 3 is 2.80 bits per heavy atom. The smallest absolute Gasteiger partial charge is 0.337 e. The third-order valence-electron chi connectivity index (χ3n) is 1.64. The van der Waals surface area contributed by atoms with E-state index >= 15 is 0 Å². The summed E-state index contributed by atoms with van der Waals surface area (Å²) in [6.07, 6.45) is 1.19. The number of hydrogen-bond donors (Lipinski definition) is 0. The van der Waals surface area contributed by atoms with Crippen molar-refractivity contribution in [2.75, 3.05) is 7.11 Å². The lowest BCUT2D eigenvalue weighted by atomic mass is 10.2. The zero-order chi connectivity index (χ0) is 11.4. The number of nitrogens with zero attached hydrogens (tertiary/aromatic N) is 1. The third-order valence-corrected chi connectivity index (χ3v) is 2.12. The molecule has 0 fully saturated rings. The fraction of sp³-hybridized carbons (Fsp3) is 0.111. The Morgan fingerprint density at radius 2 is 2.27 bits per heavy atom. The van der Waals surface area contributed by atoms with E-state index in [0.29, 0.717) is 16.3 Å². The van der Waals surface area contributed by atoms with Crippen LogP contribution in [0.5, 0.6) is 5.75 Å². The minimum atomic E-state index is -0.693. The Labute approximate surface area is 96.2 Å². The molecule has 1 rings (SSSR count). The summed E-state index contributed by atoms with van der Waals surface area (Å²) in [7, 11) is 1.46. The van der Waals surface area contributed by atoms with Crippen molar-refractivity contribution >= 4 is 29.3 Å². The number of nitro groups is 1. The van der Waals surface area contributed by atoms with Crippen molar-refractivity contribution in [1.29, 1.82) is 0 Å². The van der Waals surface area contributed by atoms with Crippen molar-refractivity contribution in [1.82, 2.24) is 0 Å². The summed E-state index contributed by atoms with van der Waals surface area (Å²) in [4.78, 5) is 9.63. The van der Waals surface area contributed by atoms with Crippen LogP contribution in [0.25, 0.3) is 6.08 Å². The Hall–Kier alpha value is -1.26. The topological polar surface area (TPSA) is 52.4 Å². The largest absolute Gasteiger partial charge is 0.496 e. The second kappa shape index (κ2) is 5.00. The first kappa shape index (κ1) is 11.8. The van der Waals surface area contributed by atoms with Gasteiger partial charge in [-0.25, -0.2) is 0 Å².